The van der Waals surface area contributed by atoms with Gasteiger partial charge in [0.25, 0.3) is 0 Å². The van der Waals surface area contributed by atoms with Gasteiger partial charge in [0.2, 0.25) is 0 Å². The van der Waals surface area contributed by atoms with Crippen molar-refractivity contribution in [2.24, 2.45) is 52.3 Å². The van der Waals surface area contributed by atoms with Crippen LogP contribution in [-0.2, 0) is 61.9 Å². The van der Waals surface area contributed by atoms with E-state index >= 15 is 0 Å². The van der Waals surface area contributed by atoms with E-state index < -0.39 is 60.4 Å². The SMILES string of the molecule is CC(=O)OC[C@H]1O[C@@H](O[C@H]2CC[C@@]3(C)[C@@H](CC[C@H]4[C@@H]5C[C@@H]6O[C@]7(CC[C@@H](C)CO7)[C@@H](C)[C@@H]6[C@@]5(C)CC(=O)[C@@H]43)C2)[C@H](OC(C)=O)[C@@H](OC(C)=O)[C@H]1OC(C)=O. The van der Waals surface area contributed by atoms with Crippen molar-refractivity contribution < 1.29 is 61.9 Å². The Morgan fingerprint density at radius 1 is 0.796 bits per heavy atom. The van der Waals surface area contributed by atoms with Crippen LogP contribution in [0.4, 0.5) is 0 Å². The molecule has 3 heterocycles. The van der Waals surface area contributed by atoms with E-state index in [1.165, 1.54) is 27.7 Å². The molecule has 7 aliphatic rings. The third-order valence-corrected chi connectivity index (χ3v) is 14.8. The molecule has 0 bridgehead atoms. The summed E-state index contributed by atoms with van der Waals surface area (Å²) in [5.74, 6) is -0.770. The molecule has 0 amide bonds. The summed E-state index contributed by atoms with van der Waals surface area (Å²) >= 11 is 0. The second-order valence-corrected chi connectivity index (χ2v) is 18.3. The summed E-state index contributed by atoms with van der Waals surface area (Å²) in [5, 5.41) is 0. The zero-order valence-electron chi connectivity index (χ0n) is 33.2. The average molecular weight is 761 g/mol. The Labute approximate surface area is 318 Å². The van der Waals surface area contributed by atoms with Crippen molar-refractivity contribution in [2.75, 3.05) is 13.2 Å². The van der Waals surface area contributed by atoms with Gasteiger partial charge < -0.3 is 37.9 Å². The molecule has 0 aromatic heterocycles. The smallest absolute Gasteiger partial charge is 0.303 e. The van der Waals surface area contributed by atoms with Crippen LogP contribution in [0.25, 0.3) is 0 Å². The maximum Gasteiger partial charge on any atom is 0.303 e. The highest BCUT2D eigenvalue weighted by atomic mass is 16.7. The molecule has 13 nitrogen and oxygen atoms in total. The first-order chi connectivity index (χ1) is 25.5. The Hall–Kier alpha value is -2.61. The predicted molar refractivity (Wildman–Crippen MR) is 189 cm³/mol. The Morgan fingerprint density at radius 2 is 1.48 bits per heavy atom. The molecule has 7 rings (SSSR count). The van der Waals surface area contributed by atoms with E-state index in [1.807, 2.05) is 0 Å². The van der Waals surface area contributed by atoms with Gasteiger partial charge in [0, 0.05) is 52.4 Å². The van der Waals surface area contributed by atoms with Gasteiger partial charge >= 0.3 is 23.9 Å². The highest BCUT2D eigenvalue weighted by Crippen LogP contribution is 2.70. The van der Waals surface area contributed by atoms with Gasteiger partial charge in [0.05, 0.1) is 18.8 Å². The molecular formula is C41H60O13. The van der Waals surface area contributed by atoms with Gasteiger partial charge in [0.15, 0.2) is 30.4 Å². The number of esters is 4. The minimum absolute atomic E-state index is 0.0316. The van der Waals surface area contributed by atoms with Crippen LogP contribution in [0, 0.1) is 52.3 Å². The van der Waals surface area contributed by atoms with Crippen LogP contribution < -0.4 is 0 Å². The molecule has 0 aromatic rings. The Bertz CT molecular complexity index is 1490. The highest BCUT2D eigenvalue weighted by Gasteiger charge is 2.71. The van der Waals surface area contributed by atoms with Crippen molar-refractivity contribution in [3.05, 3.63) is 0 Å². The van der Waals surface area contributed by atoms with E-state index in [0.717, 1.165) is 45.1 Å². The van der Waals surface area contributed by atoms with Gasteiger partial charge in [-0.15, -0.1) is 0 Å². The van der Waals surface area contributed by atoms with Gasteiger partial charge in [-0.05, 0) is 85.4 Å². The minimum atomic E-state index is -1.28. The number of ether oxygens (including phenoxy) is 8. The molecule has 3 saturated heterocycles. The lowest BCUT2D eigenvalue weighted by Crippen LogP contribution is -2.63. The van der Waals surface area contributed by atoms with E-state index in [1.54, 1.807) is 0 Å². The van der Waals surface area contributed by atoms with Gasteiger partial charge in [-0.1, -0.05) is 27.7 Å². The first-order valence-electron chi connectivity index (χ1n) is 20.3. The molecule has 4 saturated carbocycles. The lowest BCUT2D eigenvalue weighted by Gasteiger charge is -2.60. The van der Waals surface area contributed by atoms with Crippen molar-refractivity contribution in [3.8, 4) is 0 Å². The average Bonchev–Trinajstić information content (AvgIpc) is 3.52. The molecule has 3 aliphatic heterocycles. The third kappa shape index (κ3) is 6.91. The second-order valence-electron chi connectivity index (χ2n) is 18.3. The summed E-state index contributed by atoms with van der Waals surface area (Å²) in [4.78, 5) is 63.2. The van der Waals surface area contributed by atoms with Crippen molar-refractivity contribution in [3.63, 3.8) is 0 Å². The minimum Gasteiger partial charge on any atom is -0.463 e. The van der Waals surface area contributed by atoms with E-state index in [2.05, 4.69) is 27.7 Å². The van der Waals surface area contributed by atoms with Crippen LogP contribution in [0.5, 0.6) is 0 Å². The molecule has 302 valence electrons. The molecule has 7 fully saturated rings. The largest absolute Gasteiger partial charge is 0.463 e. The van der Waals surface area contributed by atoms with E-state index in [9.17, 15) is 24.0 Å². The van der Waals surface area contributed by atoms with E-state index in [0.29, 0.717) is 48.7 Å². The maximum absolute atomic E-state index is 14.6. The topological polar surface area (TPSA) is 159 Å². The van der Waals surface area contributed by atoms with Crippen molar-refractivity contribution in [2.45, 2.75) is 162 Å². The van der Waals surface area contributed by atoms with Gasteiger partial charge in [0.1, 0.15) is 18.5 Å². The summed E-state index contributed by atoms with van der Waals surface area (Å²) in [6.45, 7) is 14.5. The first kappa shape index (κ1) is 39.6. The molecule has 0 radical (unpaired) electrons. The third-order valence-electron chi connectivity index (χ3n) is 14.8. The summed E-state index contributed by atoms with van der Waals surface area (Å²) in [6.07, 6.45) is 1.33. The Kier molecular flexibility index (Phi) is 10.8. The van der Waals surface area contributed by atoms with Gasteiger partial charge in [-0.3, -0.25) is 24.0 Å². The molecular weight excluding hydrogens is 700 g/mol. The quantitative estimate of drug-likeness (QED) is 0.192. The zero-order valence-corrected chi connectivity index (χ0v) is 33.2. The molecule has 13 heteroatoms. The fourth-order valence-corrected chi connectivity index (χ4v) is 12.7. The van der Waals surface area contributed by atoms with Crippen LogP contribution in [-0.4, -0.2) is 91.6 Å². The fraction of sp³-hybridized carbons (Fsp3) is 0.878. The van der Waals surface area contributed by atoms with Crippen molar-refractivity contribution in [1.82, 2.24) is 0 Å². The van der Waals surface area contributed by atoms with Crippen molar-refractivity contribution >= 4 is 29.7 Å². The van der Waals surface area contributed by atoms with Crippen molar-refractivity contribution in [1.29, 1.82) is 0 Å². The number of hydrogen-bond acceptors (Lipinski definition) is 13. The number of ketones is 1. The normalized spacial score (nSPS) is 48.1. The number of hydrogen-bond donors (Lipinski definition) is 0. The number of Topliss-reactive ketones (excluding diaryl/α,β-unsaturated/α-hetero) is 1. The lowest BCUT2D eigenvalue weighted by molar-refractivity contribution is -0.321. The molecule has 54 heavy (non-hydrogen) atoms. The summed E-state index contributed by atoms with van der Waals surface area (Å²) < 4.78 is 48.3. The number of rotatable bonds is 7. The van der Waals surface area contributed by atoms with Crippen LogP contribution in [0.2, 0.25) is 0 Å². The number of carbonyl (C=O) groups excluding carboxylic acids is 5. The van der Waals surface area contributed by atoms with E-state index in [4.69, 9.17) is 37.9 Å². The Balaban J connectivity index is 1.08. The van der Waals surface area contributed by atoms with E-state index in [-0.39, 0.29) is 47.4 Å². The molecule has 0 aromatic carbocycles. The monoisotopic (exact) mass is 760 g/mol. The van der Waals surface area contributed by atoms with Crippen LogP contribution in [0.3, 0.4) is 0 Å². The highest BCUT2D eigenvalue weighted by molar-refractivity contribution is 5.84. The van der Waals surface area contributed by atoms with Gasteiger partial charge in [-0.2, -0.15) is 0 Å². The molecule has 1 spiro atoms. The van der Waals surface area contributed by atoms with Crippen LogP contribution in [0.15, 0.2) is 0 Å². The fourth-order valence-electron chi connectivity index (χ4n) is 12.7. The molecule has 4 aliphatic carbocycles. The van der Waals surface area contributed by atoms with Gasteiger partial charge in [-0.25, -0.2) is 0 Å². The maximum atomic E-state index is 14.6. The van der Waals surface area contributed by atoms with Crippen LogP contribution in [0.1, 0.15) is 113 Å². The summed E-state index contributed by atoms with van der Waals surface area (Å²) in [6, 6.07) is 0. The number of carbonyl (C=O) groups is 5. The molecule has 0 unspecified atom stereocenters. The number of fused-ring (bicyclic) bond motifs is 7. The standard InChI is InChI=1S/C41H60O13/c1-20-11-14-41(48-18-20)21(2)33-31(54-41)16-29-28-10-9-26-15-27(12-13-39(26,7)34(28)30(46)17-40(29,33)8)52-38-37(51-25(6)45)36(50-24(5)44)35(49-23(4)43)32(53-38)19-47-22(3)42/h20-21,26-29,31-38H,9-19H2,1-8H3/t20-,21+,26+,27+,28+,29+,31+,32-,33+,34-,35+,36+,37-,38-,39+,40+,41-/m1/s1. The second kappa shape index (κ2) is 14.7. The molecule has 0 N–H and O–H groups in total. The molecule has 17 atom stereocenters. The zero-order chi connectivity index (χ0) is 38.9. The predicted octanol–water partition coefficient (Wildman–Crippen LogP) is 5.08. The Morgan fingerprint density at radius 3 is 2.13 bits per heavy atom. The summed E-state index contributed by atoms with van der Waals surface area (Å²) in [5.41, 5.74) is -0.312. The van der Waals surface area contributed by atoms with Crippen LogP contribution >= 0.6 is 0 Å². The first-order valence-corrected chi connectivity index (χ1v) is 20.3. The summed E-state index contributed by atoms with van der Waals surface area (Å²) in [7, 11) is 0. The lowest BCUT2D eigenvalue weighted by atomic mass is 9.44.